The highest BCUT2D eigenvalue weighted by Gasteiger charge is 2.32. The SMILES string of the molecule is CC1CC(OCCCC(C)(C)C(=N)N)CC(C)(C)C1. The van der Waals surface area contributed by atoms with Gasteiger partial charge in [0.25, 0.3) is 0 Å². The molecular formula is C16H32N2O. The van der Waals surface area contributed by atoms with Gasteiger partial charge in [-0.3, -0.25) is 5.41 Å². The molecule has 112 valence electrons. The molecule has 0 aliphatic heterocycles. The summed E-state index contributed by atoms with van der Waals surface area (Å²) in [6, 6.07) is 0. The van der Waals surface area contributed by atoms with Gasteiger partial charge in [0.05, 0.1) is 11.9 Å². The molecule has 1 aliphatic carbocycles. The number of ether oxygens (including phenoxy) is 1. The Kier molecular flexibility index (Phi) is 5.43. The summed E-state index contributed by atoms with van der Waals surface area (Å²) in [6.45, 7) is 11.9. The van der Waals surface area contributed by atoms with Crippen LogP contribution in [-0.2, 0) is 4.74 Å². The van der Waals surface area contributed by atoms with E-state index in [2.05, 4.69) is 20.8 Å². The summed E-state index contributed by atoms with van der Waals surface area (Å²) in [5.74, 6) is 1.04. The average molecular weight is 268 g/mol. The van der Waals surface area contributed by atoms with Gasteiger partial charge in [-0.15, -0.1) is 0 Å². The molecule has 1 rings (SSSR count). The second-order valence-corrected chi connectivity index (χ2v) is 7.81. The van der Waals surface area contributed by atoms with Crippen LogP contribution in [0.25, 0.3) is 0 Å². The molecule has 2 atom stereocenters. The van der Waals surface area contributed by atoms with E-state index in [1.54, 1.807) is 0 Å². The Morgan fingerprint density at radius 2 is 2.00 bits per heavy atom. The lowest BCUT2D eigenvalue weighted by molar-refractivity contribution is -0.0250. The highest BCUT2D eigenvalue weighted by Crippen LogP contribution is 2.39. The molecule has 1 saturated carbocycles. The van der Waals surface area contributed by atoms with Gasteiger partial charge in [0.1, 0.15) is 0 Å². The minimum absolute atomic E-state index is 0.192. The predicted octanol–water partition coefficient (Wildman–Crippen LogP) is 3.96. The zero-order valence-electron chi connectivity index (χ0n) is 13.4. The van der Waals surface area contributed by atoms with E-state index in [0.717, 1.165) is 25.4 Å². The van der Waals surface area contributed by atoms with E-state index in [9.17, 15) is 0 Å². The highest BCUT2D eigenvalue weighted by molar-refractivity contribution is 5.82. The van der Waals surface area contributed by atoms with Crippen molar-refractivity contribution < 1.29 is 4.74 Å². The highest BCUT2D eigenvalue weighted by atomic mass is 16.5. The third-order valence-corrected chi connectivity index (χ3v) is 4.38. The standard InChI is InChI=1S/C16H32N2O/c1-12-9-13(11-15(2,3)10-12)19-8-6-7-16(4,5)14(17)18/h12-13H,6-11H2,1-5H3,(H3,17,18). The molecular weight excluding hydrogens is 236 g/mol. The number of hydrogen-bond donors (Lipinski definition) is 2. The lowest BCUT2D eigenvalue weighted by atomic mass is 9.71. The van der Waals surface area contributed by atoms with Gasteiger partial charge in [0.2, 0.25) is 0 Å². The molecule has 1 aliphatic rings. The summed E-state index contributed by atoms with van der Waals surface area (Å²) in [7, 11) is 0. The number of hydrogen-bond acceptors (Lipinski definition) is 2. The number of nitrogens with two attached hydrogens (primary N) is 1. The zero-order chi connectivity index (χ0) is 14.7. The molecule has 0 aromatic heterocycles. The van der Waals surface area contributed by atoms with Crippen LogP contribution in [0.1, 0.15) is 66.7 Å². The van der Waals surface area contributed by atoms with Gasteiger partial charge in [0, 0.05) is 12.0 Å². The molecule has 0 radical (unpaired) electrons. The monoisotopic (exact) mass is 268 g/mol. The van der Waals surface area contributed by atoms with Crippen LogP contribution in [-0.4, -0.2) is 18.5 Å². The van der Waals surface area contributed by atoms with Crippen molar-refractivity contribution in [2.45, 2.75) is 72.8 Å². The van der Waals surface area contributed by atoms with Gasteiger partial charge in [0.15, 0.2) is 0 Å². The van der Waals surface area contributed by atoms with Crippen LogP contribution >= 0.6 is 0 Å². The molecule has 0 aromatic rings. The Labute approximate surface area is 118 Å². The van der Waals surface area contributed by atoms with Crippen molar-refractivity contribution in [3.05, 3.63) is 0 Å². The fraction of sp³-hybridized carbons (Fsp3) is 0.938. The van der Waals surface area contributed by atoms with Crippen LogP contribution in [0.4, 0.5) is 0 Å². The van der Waals surface area contributed by atoms with Gasteiger partial charge >= 0.3 is 0 Å². The van der Waals surface area contributed by atoms with Crippen LogP contribution in [0.3, 0.4) is 0 Å². The Hall–Kier alpha value is -0.570. The number of amidine groups is 1. The Bertz CT molecular complexity index is 310. The van der Waals surface area contributed by atoms with Gasteiger partial charge in [-0.1, -0.05) is 34.6 Å². The van der Waals surface area contributed by atoms with E-state index >= 15 is 0 Å². The van der Waals surface area contributed by atoms with Crippen molar-refractivity contribution in [3.8, 4) is 0 Å². The molecule has 19 heavy (non-hydrogen) atoms. The third-order valence-electron chi connectivity index (χ3n) is 4.38. The van der Waals surface area contributed by atoms with Crippen LogP contribution in [0.15, 0.2) is 0 Å². The molecule has 3 N–H and O–H groups in total. The van der Waals surface area contributed by atoms with Crippen molar-refractivity contribution >= 4 is 5.84 Å². The summed E-state index contributed by atoms with van der Waals surface area (Å²) in [5.41, 5.74) is 5.82. The van der Waals surface area contributed by atoms with Crippen molar-refractivity contribution in [1.29, 1.82) is 5.41 Å². The molecule has 0 amide bonds. The summed E-state index contributed by atoms with van der Waals surface area (Å²) < 4.78 is 6.05. The molecule has 0 aromatic carbocycles. The van der Waals surface area contributed by atoms with E-state index in [0.29, 0.717) is 11.5 Å². The first-order valence-electron chi connectivity index (χ1n) is 7.58. The normalized spacial score (nSPS) is 27.2. The molecule has 1 fully saturated rings. The van der Waals surface area contributed by atoms with Crippen molar-refractivity contribution in [2.24, 2.45) is 22.5 Å². The fourth-order valence-corrected chi connectivity index (χ4v) is 3.28. The second-order valence-electron chi connectivity index (χ2n) is 7.81. The van der Waals surface area contributed by atoms with Crippen LogP contribution < -0.4 is 5.73 Å². The second kappa shape index (κ2) is 6.25. The number of rotatable bonds is 6. The molecule has 0 bridgehead atoms. The summed E-state index contributed by atoms with van der Waals surface area (Å²) >= 11 is 0. The van der Waals surface area contributed by atoms with Crippen LogP contribution in [0.2, 0.25) is 0 Å². The summed E-state index contributed by atoms with van der Waals surface area (Å²) in [5, 5.41) is 7.54. The largest absolute Gasteiger partial charge is 0.387 e. The van der Waals surface area contributed by atoms with Gasteiger partial charge in [-0.2, -0.15) is 0 Å². The fourth-order valence-electron chi connectivity index (χ4n) is 3.28. The number of nitrogens with one attached hydrogen (secondary N) is 1. The third kappa shape index (κ3) is 5.52. The van der Waals surface area contributed by atoms with Crippen molar-refractivity contribution in [1.82, 2.24) is 0 Å². The van der Waals surface area contributed by atoms with Gasteiger partial charge < -0.3 is 10.5 Å². The minimum atomic E-state index is -0.192. The molecule has 2 unspecified atom stereocenters. The first-order chi connectivity index (χ1) is 8.62. The Morgan fingerprint density at radius 3 is 2.53 bits per heavy atom. The quantitative estimate of drug-likeness (QED) is 0.435. The van der Waals surface area contributed by atoms with E-state index < -0.39 is 0 Å². The smallest absolute Gasteiger partial charge is 0.0963 e. The van der Waals surface area contributed by atoms with Crippen LogP contribution in [0.5, 0.6) is 0 Å². The maximum Gasteiger partial charge on any atom is 0.0963 e. The van der Waals surface area contributed by atoms with E-state index in [1.165, 1.54) is 19.3 Å². The van der Waals surface area contributed by atoms with Gasteiger partial charge in [-0.25, -0.2) is 0 Å². The van der Waals surface area contributed by atoms with E-state index in [-0.39, 0.29) is 11.3 Å². The molecule has 0 heterocycles. The summed E-state index contributed by atoms with van der Waals surface area (Å²) in [4.78, 5) is 0. The van der Waals surface area contributed by atoms with Crippen LogP contribution in [0, 0.1) is 22.2 Å². The Morgan fingerprint density at radius 1 is 1.37 bits per heavy atom. The lowest BCUT2D eigenvalue weighted by Gasteiger charge is -2.38. The first kappa shape index (κ1) is 16.5. The maximum atomic E-state index is 7.54. The topological polar surface area (TPSA) is 59.1 Å². The molecule has 0 spiro atoms. The predicted molar refractivity (Wildman–Crippen MR) is 81.5 cm³/mol. The first-order valence-corrected chi connectivity index (χ1v) is 7.58. The molecule has 0 saturated heterocycles. The molecule has 3 heteroatoms. The van der Waals surface area contributed by atoms with E-state index in [4.69, 9.17) is 15.9 Å². The van der Waals surface area contributed by atoms with Crippen molar-refractivity contribution in [2.75, 3.05) is 6.61 Å². The molecule has 3 nitrogen and oxygen atoms in total. The zero-order valence-corrected chi connectivity index (χ0v) is 13.4. The summed E-state index contributed by atoms with van der Waals surface area (Å²) in [6.07, 6.45) is 6.00. The Balaban J connectivity index is 2.28. The maximum absolute atomic E-state index is 7.54. The lowest BCUT2D eigenvalue weighted by Crippen LogP contribution is -2.33. The van der Waals surface area contributed by atoms with E-state index in [1.807, 2.05) is 13.8 Å². The minimum Gasteiger partial charge on any atom is -0.387 e. The average Bonchev–Trinajstić information content (AvgIpc) is 2.21. The van der Waals surface area contributed by atoms with Gasteiger partial charge in [-0.05, 0) is 43.4 Å². The van der Waals surface area contributed by atoms with Crippen molar-refractivity contribution in [3.63, 3.8) is 0 Å².